The lowest BCUT2D eigenvalue weighted by Crippen LogP contribution is -1.95. The molecule has 0 aromatic carbocycles. The Kier molecular flexibility index (Phi) is 4.68. The van der Waals surface area contributed by atoms with Crippen molar-refractivity contribution in [3.8, 4) is 0 Å². The lowest BCUT2D eigenvalue weighted by atomic mass is 10.1. The van der Waals surface area contributed by atoms with E-state index in [1.54, 1.807) is 11.8 Å². The van der Waals surface area contributed by atoms with Crippen molar-refractivity contribution in [3.05, 3.63) is 17.5 Å². The number of carboxylic acid groups (broad SMARTS) is 1. The Morgan fingerprint density at radius 3 is 2.93 bits per heavy atom. The van der Waals surface area contributed by atoms with Gasteiger partial charge < -0.3 is 9.63 Å². The highest BCUT2D eigenvalue weighted by molar-refractivity contribution is 7.98. The van der Waals surface area contributed by atoms with Gasteiger partial charge in [-0.15, -0.1) is 0 Å². The number of thioether (sulfide) groups is 1. The molecule has 4 nitrogen and oxygen atoms in total. The SMILES string of the molecule is CC(C)c1cc(CSCCC(=O)O)on1. The summed E-state index contributed by atoms with van der Waals surface area (Å²) in [5, 5.41) is 12.4. The third-order valence-corrected chi connectivity index (χ3v) is 2.85. The molecule has 1 aromatic rings. The van der Waals surface area contributed by atoms with Gasteiger partial charge in [-0.1, -0.05) is 19.0 Å². The van der Waals surface area contributed by atoms with E-state index in [1.165, 1.54) is 0 Å². The molecule has 0 saturated heterocycles. The molecule has 0 aliphatic heterocycles. The second kappa shape index (κ2) is 5.80. The van der Waals surface area contributed by atoms with Gasteiger partial charge in [0.2, 0.25) is 0 Å². The molecule has 0 amide bonds. The van der Waals surface area contributed by atoms with Gasteiger partial charge in [-0.3, -0.25) is 4.79 Å². The van der Waals surface area contributed by atoms with Gasteiger partial charge in [0.1, 0.15) is 5.76 Å². The van der Waals surface area contributed by atoms with Crippen LogP contribution in [-0.4, -0.2) is 22.0 Å². The normalized spacial score (nSPS) is 10.9. The van der Waals surface area contributed by atoms with E-state index < -0.39 is 5.97 Å². The number of rotatable bonds is 6. The summed E-state index contributed by atoms with van der Waals surface area (Å²) < 4.78 is 5.11. The van der Waals surface area contributed by atoms with Crippen molar-refractivity contribution in [1.29, 1.82) is 0 Å². The molecule has 1 N–H and O–H groups in total. The maximum absolute atomic E-state index is 10.3. The van der Waals surface area contributed by atoms with E-state index in [0.717, 1.165) is 11.5 Å². The largest absolute Gasteiger partial charge is 0.481 e. The number of hydrogen-bond donors (Lipinski definition) is 1. The Morgan fingerprint density at radius 2 is 2.40 bits per heavy atom. The minimum Gasteiger partial charge on any atom is -0.481 e. The van der Waals surface area contributed by atoms with Crippen LogP contribution in [0.5, 0.6) is 0 Å². The molecule has 1 aromatic heterocycles. The number of hydrogen-bond acceptors (Lipinski definition) is 4. The smallest absolute Gasteiger partial charge is 0.304 e. The molecule has 0 fully saturated rings. The molecular weight excluding hydrogens is 214 g/mol. The van der Waals surface area contributed by atoms with E-state index in [4.69, 9.17) is 9.63 Å². The van der Waals surface area contributed by atoms with Gasteiger partial charge in [-0.25, -0.2) is 0 Å². The van der Waals surface area contributed by atoms with E-state index in [-0.39, 0.29) is 6.42 Å². The Bertz CT molecular complexity index is 322. The van der Waals surface area contributed by atoms with E-state index in [9.17, 15) is 4.79 Å². The van der Waals surface area contributed by atoms with Gasteiger partial charge >= 0.3 is 5.97 Å². The molecule has 0 spiro atoms. The van der Waals surface area contributed by atoms with Crippen LogP contribution in [0, 0.1) is 0 Å². The molecule has 0 unspecified atom stereocenters. The summed E-state index contributed by atoms with van der Waals surface area (Å²) >= 11 is 1.55. The standard InChI is InChI=1S/C10H15NO3S/c1-7(2)9-5-8(14-11-9)6-15-4-3-10(12)13/h5,7H,3-4,6H2,1-2H3,(H,12,13). The Labute approximate surface area is 93.0 Å². The number of carboxylic acids is 1. The van der Waals surface area contributed by atoms with Crippen LogP contribution in [0.4, 0.5) is 0 Å². The first kappa shape index (κ1) is 12.1. The van der Waals surface area contributed by atoms with E-state index >= 15 is 0 Å². The summed E-state index contributed by atoms with van der Waals surface area (Å²) in [6.07, 6.45) is 0.190. The molecule has 0 saturated carbocycles. The van der Waals surface area contributed by atoms with Crippen LogP contribution in [0.25, 0.3) is 0 Å². The van der Waals surface area contributed by atoms with Gasteiger partial charge in [0.05, 0.1) is 17.9 Å². The van der Waals surface area contributed by atoms with E-state index in [0.29, 0.717) is 17.4 Å². The van der Waals surface area contributed by atoms with Crippen molar-refractivity contribution >= 4 is 17.7 Å². The molecule has 0 radical (unpaired) electrons. The highest BCUT2D eigenvalue weighted by Gasteiger charge is 2.07. The van der Waals surface area contributed by atoms with E-state index in [2.05, 4.69) is 19.0 Å². The number of nitrogens with zero attached hydrogens (tertiary/aromatic N) is 1. The number of aliphatic carboxylic acids is 1. The number of aromatic nitrogens is 1. The molecular formula is C10H15NO3S. The third kappa shape index (κ3) is 4.38. The number of carbonyl (C=O) groups is 1. The predicted octanol–water partition coefficient (Wildman–Crippen LogP) is 2.51. The van der Waals surface area contributed by atoms with Gasteiger partial charge in [0, 0.05) is 11.8 Å². The molecule has 84 valence electrons. The van der Waals surface area contributed by atoms with Crippen LogP contribution in [0.1, 0.15) is 37.6 Å². The van der Waals surface area contributed by atoms with Crippen LogP contribution in [-0.2, 0) is 10.5 Å². The Hall–Kier alpha value is -0.970. The molecule has 5 heteroatoms. The summed E-state index contributed by atoms with van der Waals surface area (Å²) in [6, 6.07) is 1.93. The zero-order valence-corrected chi connectivity index (χ0v) is 9.71. The molecule has 15 heavy (non-hydrogen) atoms. The highest BCUT2D eigenvalue weighted by Crippen LogP contribution is 2.18. The predicted molar refractivity (Wildman–Crippen MR) is 59.0 cm³/mol. The van der Waals surface area contributed by atoms with E-state index in [1.807, 2.05) is 6.07 Å². The van der Waals surface area contributed by atoms with Crippen LogP contribution in [0.2, 0.25) is 0 Å². The van der Waals surface area contributed by atoms with Crippen LogP contribution in [0.15, 0.2) is 10.6 Å². The summed E-state index contributed by atoms with van der Waals surface area (Å²) in [6.45, 7) is 4.11. The first-order valence-electron chi connectivity index (χ1n) is 4.84. The average molecular weight is 229 g/mol. The maximum atomic E-state index is 10.3. The van der Waals surface area contributed by atoms with Crippen LogP contribution >= 0.6 is 11.8 Å². The van der Waals surface area contributed by atoms with Crippen LogP contribution < -0.4 is 0 Å². The third-order valence-electron chi connectivity index (χ3n) is 1.87. The Balaban J connectivity index is 2.28. The first-order valence-corrected chi connectivity index (χ1v) is 6.00. The van der Waals surface area contributed by atoms with Crippen molar-refractivity contribution in [1.82, 2.24) is 5.16 Å². The zero-order valence-electron chi connectivity index (χ0n) is 8.90. The van der Waals surface area contributed by atoms with Gasteiger partial charge in [-0.2, -0.15) is 11.8 Å². The molecule has 0 bridgehead atoms. The van der Waals surface area contributed by atoms with Gasteiger partial charge in [-0.05, 0) is 5.92 Å². The summed E-state index contributed by atoms with van der Waals surface area (Å²) in [5.74, 6) is 1.71. The minimum atomic E-state index is -0.761. The monoisotopic (exact) mass is 229 g/mol. The second-order valence-corrected chi connectivity index (χ2v) is 4.67. The molecule has 0 aliphatic carbocycles. The molecule has 0 atom stereocenters. The summed E-state index contributed by atoms with van der Waals surface area (Å²) in [5.41, 5.74) is 0.948. The maximum Gasteiger partial charge on any atom is 0.304 e. The van der Waals surface area contributed by atoms with Crippen molar-refractivity contribution in [2.24, 2.45) is 0 Å². The van der Waals surface area contributed by atoms with Crippen molar-refractivity contribution in [3.63, 3.8) is 0 Å². The average Bonchev–Trinajstić information content (AvgIpc) is 2.60. The van der Waals surface area contributed by atoms with Gasteiger partial charge in [0.15, 0.2) is 0 Å². The lowest BCUT2D eigenvalue weighted by Gasteiger charge is -1.95. The van der Waals surface area contributed by atoms with Crippen molar-refractivity contribution in [2.45, 2.75) is 31.9 Å². The fraction of sp³-hybridized carbons (Fsp3) is 0.600. The topological polar surface area (TPSA) is 63.3 Å². The summed E-state index contributed by atoms with van der Waals surface area (Å²) in [4.78, 5) is 10.3. The molecule has 0 aliphatic rings. The first-order chi connectivity index (χ1) is 7.09. The van der Waals surface area contributed by atoms with Crippen molar-refractivity contribution < 1.29 is 14.4 Å². The quantitative estimate of drug-likeness (QED) is 0.759. The second-order valence-electron chi connectivity index (χ2n) is 3.57. The fourth-order valence-electron chi connectivity index (χ4n) is 1.00. The van der Waals surface area contributed by atoms with Gasteiger partial charge in [0.25, 0.3) is 0 Å². The van der Waals surface area contributed by atoms with Crippen LogP contribution in [0.3, 0.4) is 0 Å². The minimum absolute atomic E-state index is 0.190. The van der Waals surface area contributed by atoms with Crippen molar-refractivity contribution in [2.75, 3.05) is 5.75 Å². The molecule has 1 rings (SSSR count). The Morgan fingerprint density at radius 1 is 1.67 bits per heavy atom. The highest BCUT2D eigenvalue weighted by atomic mass is 32.2. The fourth-order valence-corrected chi connectivity index (χ4v) is 1.80. The molecule has 1 heterocycles. The lowest BCUT2D eigenvalue weighted by molar-refractivity contribution is -0.136. The zero-order chi connectivity index (χ0) is 11.3. The summed E-state index contributed by atoms with van der Waals surface area (Å²) in [7, 11) is 0.